The molecule has 0 bridgehead atoms. The van der Waals surface area contributed by atoms with E-state index in [1.54, 1.807) is 0 Å². The van der Waals surface area contributed by atoms with Gasteiger partial charge >= 0.3 is 11.9 Å². The SMILES string of the molecule is CCCC/C=C/C/C=C/CCCCCCCC(=O)OC[C@H](CO[C@@H]1O[C@H](CO)[C@H](O)C(O)C1O)OC(=O)CC/C=C/C/C=C/C/C=C/C/C=C/C/C=C/CCCCC. The summed E-state index contributed by atoms with van der Waals surface area (Å²) in [6.07, 6.45) is 41.7. The molecule has 1 saturated heterocycles. The van der Waals surface area contributed by atoms with Crippen LogP contribution in [0.15, 0.2) is 85.1 Å². The summed E-state index contributed by atoms with van der Waals surface area (Å²) in [5.74, 6) is -0.928. The number of unbranched alkanes of at least 4 members (excludes halogenated alkanes) is 10. The number of esters is 2. The molecule has 4 N–H and O–H groups in total. The van der Waals surface area contributed by atoms with Gasteiger partial charge in [0.05, 0.1) is 13.2 Å². The fourth-order valence-electron chi connectivity index (χ4n) is 5.95. The smallest absolute Gasteiger partial charge is 0.306 e. The van der Waals surface area contributed by atoms with Gasteiger partial charge in [0.25, 0.3) is 0 Å². The van der Waals surface area contributed by atoms with Gasteiger partial charge in [0, 0.05) is 12.8 Å². The first-order valence-corrected chi connectivity index (χ1v) is 22.2. The van der Waals surface area contributed by atoms with Gasteiger partial charge in [0.2, 0.25) is 0 Å². The molecule has 58 heavy (non-hydrogen) atoms. The van der Waals surface area contributed by atoms with Crippen molar-refractivity contribution in [3.8, 4) is 0 Å². The summed E-state index contributed by atoms with van der Waals surface area (Å²) in [6.45, 7) is 3.24. The Morgan fingerprint density at radius 3 is 1.57 bits per heavy atom. The summed E-state index contributed by atoms with van der Waals surface area (Å²) in [7, 11) is 0. The number of aliphatic hydroxyl groups is 4. The topological polar surface area (TPSA) is 152 Å². The van der Waals surface area contributed by atoms with Gasteiger partial charge in [-0.3, -0.25) is 9.59 Å². The van der Waals surface area contributed by atoms with E-state index < -0.39 is 55.4 Å². The molecule has 0 amide bonds. The van der Waals surface area contributed by atoms with Gasteiger partial charge < -0.3 is 39.4 Å². The van der Waals surface area contributed by atoms with Gasteiger partial charge in [-0.05, 0) is 77.0 Å². The minimum Gasteiger partial charge on any atom is -0.462 e. The molecule has 0 saturated carbocycles. The van der Waals surface area contributed by atoms with E-state index in [9.17, 15) is 30.0 Å². The zero-order chi connectivity index (χ0) is 42.3. The third kappa shape index (κ3) is 29.1. The van der Waals surface area contributed by atoms with Crippen molar-refractivity contribution in [3.63, 3.8) is 0 Å². The van der Waals surface area contributed by atoms with Crippen LogP contribution >= 0.6 is 0 Å². The fraction of sp³-hybridized carbons (Fsp3) is 0.667. The molecule has 0 radical (unpaired) electrons. The number of hydrogen-bond donors (Lipinski definition) is 4. The molecule has 2 unspecified atom stereocenters. The molecule has 1 aliphatic rings. The average molecular weight is 815 g/mol. The van der Waals surface area contributed by atoms with E-state index in [2.05, 4.69) is 86.8 Å². The lowest BCUT2D eigenvalue weighted by Gasteiger charge is -2.39. The lowest BCUT2D eigenvalue weighted by atomic mass is 9.99. The molecule has 10 nitrogen and oxygen atoms in total. The van der Waals surface area contributed by atoms with E-state index in [0.29, 0.717) is 12.8 Å². The van der Waals surface area contributed by atoms with Crippen molar-refractivity contribution in [2.24, 2.45) is 0 Å². The van der Waals surface area contributed by atoms with Crippen LogP contribution in [0.1, 0.15) is 149 Å². The van der Waals surface area contributed by atoms with Gasteiger partial charge in [-0.2, -0.15) is 0 Å². The second kappa shape index (κ2) is 38.1. The maximum atomic E-state index is 12.7. The zero-order valence-electron chi connectivity index (χ0n) is 35.8. The normalized spacial score (nSPS) is 21.0. The average Bonchev–Trinajstić information content (AvgIpc) is 3.22. The third-order valence-corrected chi connectivity index (χ3v) is 9.52. The number of hydrogen-bond acceptors (Lipinski definition) is 10. The van der Waals surface area contributed by atoms with Crippen LogP contribution in [0.2, 0.25) is 0 Å². The van der Waals surface area contributed by atoms with Crippen LogP contribution in [0.25, 0.3) is 0 Å². The van der Waals surface area contributed by atoms with E-state index in [4.69, 9.17) is 18.9 Å². The summed E-state index contributed by atoms with van der Waals surface area (Å²) < 4.78 is 22.0. The summed E-state index contributed by atoms with van der Waals surface area (Å²) in [5.41, 5.74) is 0. The van der Waals surface area contributed by atoms with Crippen molar-refractivity contribution in [1.29, 1.82) is 0 Å². The Morgan fingerprint density at radius 2 is 1.02 bits per heavy atom. The van der Waals surface area contributed by atoms with E-state index in [1.165, 1.54) is 38.5 Å². The number of ether oxygens (including phenoxy) is 4. The summed E-state index contributed by atoms with van der Waals surface area (Å²) in [4.78, 5) is 25.3. The second-order valence-electron chi connectivity index (χ2n) is 14.8. The molecule has 1 aliphatic heterocycles. The van der Waals surface area contributed by atoms with Crippen LogP contribution in [-0.4, -0.2) is 89.0 Å². The third-order valence-electron chi connectivity index (χ3n) is 9.52. The first-order valence-electron chi connectivity index (χ1n) is 22.2. The second-order valence-corrected chi connectivity index (χ2v) is 14.8. The van der Waals surface area contributed by atoms with E-state index >= 15 is 0 Å². The van der Waals surface area contributed by atoms with Crippen molar-refractivity contribution in [2.45, 2.75) is 185 Å². The minimum atomic E-state index is -1.61. The molecule has 1 heterocycles. The lowest BCUT2D eigenvalue weighted by Crippen LogP contribution is -2.59. The highest BCUT2D eigenvalue weighted by Crippen LogP contribution is 2.22. The summed E-state index contributed by atoms with van der Waals surface area (Å²) in [5, 5.41) is 40.0. The molecule has 1 fully saturated rings. The van der Waals surface area contributed by atoms with E-state index in [-0.39, 0.29) is 26.1 Å². The Morgan fingerprint density at radius 1 is 0.534 bits per heavy atom. The predicted molar refractivity (Wildman–Crippen MR) is 233 cm³/mol. The maximum Gasteiger partial charge on any atom is 0.306 e. The van der Waals surface area contributed by atoms with Gasteiger partial charge in [0.1, 0.15) is 31.0 Å². The fourth-order valence-corrected chi connectivity index (χ4v) is 5.95. The van der Waals surface area contributed by atoms with E-state index in [1.807, 2.05) is 12.2 Å². The standard InChI is InChI=1S/C48H78O10/c1-3-5-7-9-11-13-15-17-19-20-21-22-23-25-27-29-31-33-35-37-44(51)57-41(40-56-48-47(54)46(53)45(52)42(38-49)58-48)39-55-43(50)36-34-32-30-28-26-24-18-16-14-12-10-8-6-4-2/h10-13,16-19,21-22,25,27,31,33,41-42,45-49,52-54H,3-9,14-15,20,23-24,26,28-30,32,34-40H2,1-2H3/b12-10+,13-11+,18-16+,19-17+,22-21+,27-25+,33-31+/t41-,42-,45+,46?,47?,48-/m1/s1. The van der Waals surface area contributed by atoms with Crippen molar-refractivity contribution in [1.82, 2.24) is 0 Å². The molecule has 0 aromatic carbocycles. The van der Waals surface area contributed by atoms with Gasteiger partial charge in [-0.25, -0.2) is 0 Å². The summed E-state index contributed by atoms with van der Waals surface area (Å²) in [6, 6.07) is 0. The lowest BCUT2D eigenvalue weighted by molar-refractivity contribution is -0.305. The number of allylic oxidation sites excluding steroid dienone is 14. The van der Waals surface area contributed by atoms with Crippen molar-refractivity contribution < 1.29 is 49.0 Å². The van der Waals surface area contributed by atoms with Crippen LogP contribution < -0.4 is 0 Å². The number of rotatable bonds is 35. The van der Waals surface area contributed by atoms with Crippen molar-refractivity contribution in [2.75, 3.05) is 19.8 Å². The largest absolute Gasteiger partial charge is 0.462 e. The van der Waals surface area contributed by atoms with Crippen molar-refractivity contribution >= 4 is 11.9 Å². The minimum absolute atomic E-state index is 0.0987. The Labute approximate surface area is 350 Å². The van der Waals surface area contributed by atoms with Crippen LogP contribution in [0.5, 0.6) is 0 Å². The zero-order valence-corrected chi connectivity index (χ0v) is 35.8. The van der Waals surface area contributed by atoms with Crippen LogP contribution in [0.3, 0.4) is 0 Å². The quantitative estimate of drug-likeness (QED) is 0.0277. The molecule has 0 aromatic rings. The maximum absolute atomic E-state index is 12.7. The molecule has 330 valence electrons. The Hall–Kier alpha value is -3.12. The Kier molecular flexibility index (Phi) is 34.8. The molecular weight excluding hydrogens is 737 g/mol. The van der Waals surface area contributed by atoms with Gasteiger partial charge in [-0.1, -0.05) is 144 Å². The van der Waals surface area contributed by atoms with Crippen LogP contribution in [-0.2, 0) is 28.5 Å². The Balaban J connectivity index is 2.42. The molecule has 1 rings (SSSR count). The molecule has 6 atom stereocenters. The highest BCUT2D eigenvalue weighted by atomic mass is 16.7. The molecule has 10 heteroatoms. The van der Waals surface area contributed by atoms with Gasteiger partial charge in [0.15, 0.2) is 12.4 Å². The number of aliphatic hydroxyl groups excluding tert-OH is 4. The molecular formula is C48H78O10. The predicted octanol–water partition coefficient (Wildman–Crippen LogP) is 9.38. The van der Waals surface area contributed by atoms with Crippen molar-refractivity contribution in [3.05, 3.63) is 85.1 Å². The number of carbonyl (C=O) groups is 2. The highest BCUT2D eigenvalue weighted by Gasteiger charge is 2.44. The number of carbonyl (C=O) groups excluding carboxylic acids is 2. The highest BCUT2D eigenvalue weighted by molar-refractivity contribution is 5.70. The monoisotopic (exact) mass is 815 g/mol. The molecule has 0 aliphatic carbocycles. The molecule has 0 aromatic heterocycles. The first-order chi connectivity index (χ1) is 28.3. The van der Waals surface area contributed by atoms with Crippen LogP contribution in [0.4, 0.5) is 0 Å². The van der Waals surface area contributed by atoms with Crippen LogP contribution in [0, 0.1) is 0 Å². The first kappa shape index (κ1) is 52.9. The summed E-state index contributed by atoms with van der Waals surface area (Å²) >= 11 is 0. The van der Waals surface area contributed by atoms with Gasteiger partial charge in [-0.15, -0.1) is 0 Å². The Bertz CT molecular complexity index is 1220. The van der Waals surface area contributed by atoms with E-state index in [0.717, 1.165) is 70.6 Å². The molecule has 0 spiro atoms.